The first-order valence-electron chi connectivity index (χ1n) is 14.6. The lowest BCUT2D eigenvalue weighted by molar-refractivity contribution is 0.0355. The molecule has 1 aromatic rings. The Kier molecular flexibility index (Phi) is 13.3. The van der Waals surface area contributed by atoms with Gasteiger partial charge in [0.15, 0.2) is 19.5 Å². The van der Waals surface area contributed by atoms with Crippen LogP contribution in [0, 0.1) is 11.8 Å². The molecule has 2 rings (SSSR count). The molecule has 210 valence electrons. The van der Waals surface area contributed by atoms with Gasteiger partial charge in [-0.1, -0.05) is 92.9 Å². The van der Waals surface area contributed by atoms with Crippen molar-refractivity contribution in [2.45, 2.75) is 123 Å². The molecule has 0 bridgehead atoms. The number of unbranched alkanes of at least 4 members (excludes halogenated alkanes) is 4. The molecule has 1 aliphatic carbocycles. The number of hydrogen-bond donors (Lipinski definition) is 0. The van der Waals surface area contributed by atoms with E-state index in [1.54, 1.807) is 0 Å². The maximum absolute atomic E-state index is 12.6. The second-order valence-corrected chi connectivity index (χ2v) is 17.9. The molecule has 6 heteroatoms. The number of ether oxygens (including phenoxy) is 1. The van der Waals surface area contributed by atoms with E-state index in [-0.39, 0.29) is 23.2 Å². The van der Waals surface area contributed by atoms with Crippen LogP contribution in [0.5, 0.6) is 0 Å². The van der Waals surface area contributed by atoms with E-state index < -0.39 is 19.5 Å². The van der Waals surface area contributed by atoms with Gasteiger partial charge in [-0.25, -0.2) is 4.79 Å². The van der Waals surface area contributed by atoms with Gasteiger partial charge in [0, 0.05) is 13.0 Å². The Balaban J connectivity index is 1.79. The van der Waals surface area contributed by atoms with Crippen molar-refractivity contribution in [3.05, 3.63) is 47.5 Å². The molecular formula is C31H54O4Si2. The Morgan fingerprint density at radius 1 is 0.892 bits per heavy atom. The summed E-state index contributed by atoms with van der Waals surface area (Å²) >= 11 is 0. The maximum atomic E-state index is 12.6. The summed E-state index contributed by atoms with van der Waals surface area (Å²) in [7, 11) is -1.20. The van der Waals surface area contributed by atoms with Crippen LogP contribution in [0.1, 0.15) is 111 Å². The predicted octanol–water partition coefficient (Wildman–Crippen LogP) is 7.16. The molecule has 1 aliphatic rings. The number of rotatable bonds is 17. The average molecular weight is 547 g/mol. The van der Waals surface area contributed by atoms with Gasteiger partial charge in [-0.3, -0.25) is 0 Å². The first kappa shape index (κ1) is 32.0. The van der Waals surface area contributed by atoms with Crippen molar-refractivity contribution in [1.82, 2.24) is 0 Å². The van der Waals surface area contributed by atoms with Gasteiger partial charge < -0.3 is 13.6 Å². The standard InChI is InChI=1S/C31H54O4Si2/c1-23(2)30(5,6)36-33-20-16-11-9-10-13-19-26-21-27(34-29(32)25-17-14-12-15-18-25)22-28(26)35-37-31(7,8)24(3)4/h12,14-15,17-18,21,23-24,27-28H,9-11,13,16,19-20,22,36-37H2,1-8H3. The predicted molar refractivity (Wildman–Crippen MR) is 162 cm³/mol. The molecule has 0 aromatic heterocycles. The lowest BCUT2D eigenvalue weighted by Crippen LogP contribution is -2.27. The molecule has 0 amide bonds. The van der Waals surface area contributed by atoms with Crippen LogP contribution in [-0.4, -0.2) is 44.3 Å². The summed E-state index contributed by atoms with van der Waals surface area (Å²) in [4.78, 5) is 12.6. The Morgan fingerprint density at radius 2 is 1.49 bits per heavy atom. The third kappa shape index (κ3) is 11.2. The minimum absolute atomic E-state index is 0.0981. The fourth-order valence-electron chi connectivity index (χ4n) is 4.11. The van der Waals surface area contributed by atoms with Crippen LogP contribution in [0.15, 0.2) is 42.0 Å². The largest absolute Gasteiger partial charge is 0.454 e. The third-order valence-electron chi connectivity index (χ3n) is 8.54. The second-order valence-electron chi connectivity index (χ2n) is 12.9. The van der Waals surface area contributed by atoms with Crippen molar-refractivity contribution in [3.63, 3.8) is 0 Å². The molecule has 37 heavy (non-hydrogen) atoms. The van der Waals surface area contributed by atoms with E-state index in [1.807, 2.05) is 30.3 Å². The molecule has 0 saturated carbocycles. The van der Waals surface area contributed by atoms with Crippen LogP contribution in [0.4, 0.5) is 0 Å². The Labute approximate surface area is 232 Å². The molecule has 0 radical (unpaired) electrons. The topological polar surface area (TPSA) is 44.8 Å². The lowest BCUT2D eigenvalue weighted by Gasteiger charge is -2.30. The minimum Gasteiger partial charge on any atom is -0.454 e. The fourth-order valence-corrected chi connectivity index (χ4v) is 6.63. The van der Waals surface area contributed by atoms with Crippen LogP contribution in [0.2, 0.25) is 10.1 Å². The SMILES string of the molecule is CC(C)C(C)(C)[SiH2]OCCCCCCCC1=CC(OC(=O)c2ccccc2)CC1O[SiH2]C(C)(C)C(C)C. The summed E-state index contributed by atoms with van der Waals surface area (Å²) in [5.74, 6) is 1.05. The van der Waals surface area contributed by atoms with E-state index in [9.17, 15) is 4.79 Å². The summed E-state index contributed by atoms with van der Waals surface area (Å²) in [5.41, 5.74) is 1.94. The monoisotopic (exact) mass is 546 g/mol. The van der Waals surface area contributed by atoms with Gasteiger partial charge in [0.1, 0.15) is 6.10 Å². The second kappa shape index (κ2) is 15.4. The molecule has 2 unspecified atom stereocenters. The van der Waals surface area contributed by atoms with Crippen molar-refractivity contribution < 1.29 is 18.4 Å². The van der Waals surface area contributed by atoms with Gasteiger partial charge in [0.2, 0.25) is 0 Å². The van der Waals surface area contributed by atoms with E-state index in [2.05, 4.69) is 61.5 Å². The van der Waals surface area contributed by atoms with E-state index >= 15 is 0 Å². The summed E-state index contributed by atoms with van der Waals surface area (Å²) < 4.78 is 18.5. The van der Waals surface area contributed by atoms with Crippen LogP contribution in [-0.2, 0) is 13.6 Å². The number of esters is 1. The van der Waals surface area contributed by atoms with E-state index in [4.69, 9.17) is 13.6 Å². The van der Waals surface area contributed by atoms with Crippen LogP contribution in [0.3, 0.4) is 0 Å². The van der Waals surface area contributed by atoms with Crippen LogP contribution < -0.4 is 0 Å². The van der Waals surface area contributed by atoms with E-state index in [0.29, 0.717) is 22.4 Å². The molecule has 1 aromatic carbocycles. The van der Waals surface area contributed by atoms with Gasteiger partial charge in [-0.05, 0) is 65.0 Å². The minimum atomic E-state index is -0.722. The van der Waals surface area contributed by atoms with Crippen molar-refractivity contribution >= 4 is 25.5 Å². The highest BCUT2D eigenvalue weighted by Crippen LogP contribution is 2.36. The average Bonchev–Trinajstić information content (AvgIpc) is 3.23. The van der Waals surface area contributed by atoms with Crippen molar-refractivity contribution in [3.8, 4) is 0 Å². The first-order valence-corrected chi connectivity index (χ1v) is 17.1. The van der Waals surface area contributed by atoms with Crippen LogP contribution >= 0.6 is 0 Å². The number of carbonyl (C=O) groups excluding carboxylic acids is 1. The maximum Gasteiger partial charge on any atom is 0.338 e. The van der Waals surface area contributed by atoms with Crippen molar-refractivity contribution in [2.24, 2.45) is 11.8 Å². The Hall–Kier alpha value is -1.22. The van der Waals surface area contributed by atoms with E-state index in [1.165, 1.54) is 31.3 Å². The molecule has 0 aliphatic heterocycles. The van der Waals surface area contributed by atoms with Crippen molar-refractivity contribution in [2.75, 3.05) is 6.61 Å². The highest BCUT2D eigenvalue weighted by atomic mass is 28.2. The Bertz CT molecular complexity index is 833. The molecule has 0 N–H and O–H groups in total. The summed E-state index contributed by atoms with van der Waals surface area (Å²) in [6.07, 6.45) is 9.91. The van der Waals surface area contributed by atoms with Crippen molar-refractivity contribution in [1.29, 1.82) is 0 Å². The van der Waals surface area contributed by atoms with Gasteiger partial charge in [0.25, 0.3) is 0 Å². The molecule has 0 heterocycles. The summed E-state index contributed by atoms with van der Waals surface area (Å²) in [5, 5.41) is 0.632. The van der Waals surface area contributed by atoms with Gasteiger partial charge in [-0.2, -0.15) is 0 Å². The zero-order valence-electron chi connectivity index (χ0n) is 25.0. The molecule has 0 fully saturated rings. The number of benzene rings is 1. The number of carbonyl (C=O) groups is 1. The number of hydrogen-bond acceptors (Lipinski definition) is 4. The smallest absolute Gasteiger partial charge is 0.338 e. The van der Waals surface area contributed by atoms with E-state index in [0.717, 1.165) is 25.9 Å². The van der Waals surface area contributed by atoms with Crippen LogP contribution in [0.25, 0.3) is 0 Å². The molecule has 4 nitrogen and oxygen atoms in total. The molecule has 0 spiro atoms. The summed E-state index contributed by atoms with van der Waals surface area (Å²) in [6.45, 7) is 19.4. The molecule has 0 saturated heterocycles. The quantitative estimate of drug-likeness (QED) is 0.0900. The molecular weight excluding hydrogens is 493 g/mol. The highest BCUT2D eigenvalue weighted by molar-refractivity contribution is 6.32. The third-order valence-corrected chi connectivity index (χ3v) is 12.7. The lowest BCUT2D eigenvalue weighted by atomic mass is 9.99. The zero-order chi connectivity index (χ0) is 27.5. The van der Waals surface area contributed by atoms with Gasteiger partial charge in [0.05, 0.1) is 11.7 Å². The Morgan fingerprint density at radius 3 is 2.14 bits per heavy atom. The first-order chi connectivity index (χ1) is 17.4. The fraction of sp³-hybridized carbons (Fsp3) is 0.710. The van der Waals surface area contributed by atoms with Gasteiger partial charge >= 0.3 is 5.97 Å². The molecule has 2 atom stereocenters. The highest BCUT2D eigenvalue weighted by Gasteiger charge is 2.32. The zero-order valence-corrected chi connectivity index (χ0v) is 27.8. The normalized spacial score (nSPS) is 19.1. The van der Waals surface area contributed by atoms with Gasteiger partial charge in [-0.15, -0.1) is 0 Å². The summed E-state index contributed by atoms with van der Waals surface area (Å²) in [6, 6.07) is 9.29.